The summed E-state index contributed by atoms with van der Waals surface area (Å²) in [5, 5.41) is 1.04. The SMILES string of the molecule is CCC(=O)Oc1cc2cc(-c3cccc(CN)c3)ccc2n1Cc1ccc(C)cc1. The molecule has 1 heterocycles. The number of nitrogens with zero attached hydrogens (tertiary/aromatic N) is 1. The summed E-state index contributed by atoms with van der Waals surface area (Å²) in [5.74, 6) is 0.337. The predicted molar refractivity (Wildman–Crippen MR) is 121 cm³/mol. The van der Waals surface area contributed by atoms with Gasteiger partial charge in [-0.1, -0.05) is 61.0 Å². The maximum absolute atomic E-state index is 12.0. The Labute approximate surface area is 176 Å². The molecule has 4 rings (SSSR count). The Kier molecular flexibility index (Phi) is 5.68. The first-order chi connectivity index (χ1) is 14.6. The number of nitrogens with two attached hydrogens (primary N) is 1. The Balaban J connectivity index is 1.78. The van der Waals surface area contributed by atoms with Crippen molar-refractivity contribution in [3.63, 3.8) is 0 Å². The van der Waals surface area contributed by atoms with Crippen molar-refractivity contribution in [3.05, 3.63) is 89.5 Å². The van der Waals surface area contributed by atoms with E-state index in [9.17, 15) is 4.79 Å². The van der Waals surface area contributed by atoms with Crippen LogP contribution in [0.15, 0.2) is 72.8 Å². The highest BCUT2D eigenvalue weighted by molar-refractivity contribution is 5.88. The number of hydrogen-bond donors (Lipinski definition) is 1. The van der Waals surface area contributed by atoms with Gasteiger partial charge in [-0.15, -0.1) is 0 Å². The van der Waals surface area contributed by atoms with Crippen molar-refractivity contribution in [1.29, 1.82) is 0 Å². The fraction of sp³-hybridized carbons (Fsp3) is 0.192. The second kappa shape index (κ2) is 8.56. The fourth-order valence-electron chi connectivity index (χ4n) is 3.62. The van der Waals surface area contributed by atoms with E-state index in [-0.39, 0.29) is 5.97 Å². The van der Waals surface area contributed by atoms with E-state index in [1.807, 2.05) is 18.2 Å². The van der Waals surface area contributed by atoms with Crippen molar-refractivity contribution in [2.45, 2.75) is 33.4 Å². The maximum Gasteiger partial charge on any atom is 0.312 e. The van der Waals surface area contributed by atoms with Crippen LogP contribution in [0.5, 0.6) is 5.88 Å². The second-order valence-corrected chi connectivity index (χ2v) is 7.56. The van der Waals surface area contributed by atoms with Crippen LogP contribution in [0.2, 0.25) is 0 Å². The van der Waals surface area contributed by atoms with Crippen LogP contribution in [0.4, 0.5) is 0 Å². The van der Waals surface area contributed by atoms with E-state index in [1.165, 1.54) is 5.56 Å². The maximum atomic E-state index is 12.0. The minimum Gasteiger partial charge on any atom is -0.409 e. The third kappa shape index (κ3) is 4.14. The van der Waals surface area contributed by atoms with E-state index in [0.717, 1.165) is 33.2 Å². The van der Waals surface area contributed by atoms with Gasteiger partial charge in [-0.05, 0) is 47.4 Å². The summed E-state index contributed by atoms with van der Waals surface area (Å²) in [6.07, 6.45) is 0.336. The van der Waals surface area contributed by atoms with E-state index >= 15 is 0 Å². The number of aryl methyl sites for hydroxylation is 1. The van der Waals surface area contributed by atoms with Crippen LogP contribution >= 0.6 is 0 Å². The van der Waals surface area contributed by atoms with Crippen molar-refractivity contribution in [2.75, 3.05) is 0 Å². The summed E-state index contributed by atoms with van der Waals surface area (Å²) in [6.45, 7) is 5.03. The Morgan fingerprint density at radius 1 is 0.933 bits per heavy atom. The summed E-state index contributed by atoms with van der Waals surface area (Å²) < 4.78 is 7.73. The van der Waals surface area contributed by atoms with Crippen LogP contribution in [0.3, 0.4) is 0 Å². The Bertz CT molecular complexity index is 1190. The molecule has 4 nitrogen and oxygen atoms in total. The van der Waals surface area contributed by atoms with Gasteiger partial charge in [0, 0.05) is 24.4 Å². The van der Waals surface area contributed by atoms with Crippen LogP contribution in [0, 0.1) is 6.92 Å². The first-order valence-corrected chi connectivity index (χ1v) is 10.3. The van der Waals surface area contributed by atoms with Gasteiger partial charge >= 0.3 is 5.97 Å². The fourth-order valence-corrected chi connectivity index (χ4v) is 3.62. The van der Waals surface area contributed by atoms with Crippen molar-refractivity contribution in [2.24, 2.45) is 5.73 Å². The molecule has 152 valence electrons. The largest absolute Gasteiger partial charge is 0.409 e. The van der Waals surface area contributed by atoms with Crippen LogP contribution in [-0.2, 0) is 17.9 Å². The van der Waals surface area contributed by atoms with Gasteiger partial charge in [-0.25, -0.2) is 0 Å². The average molecular weight is 399 g/mol. The molecule has 0 aliphatic carbocycles. The molecule has 0 amide bonds. The zero-order valence-corrected chi connectivity index (χ0v) is 17.4. The quantitative estimate of drug-likeness (QED) is 0.440. The van der Waals surface area contributed by atoms with Gasteiger partial charge in [0.2, 0.25) is 5.88 Å². The monoisotopic (exact) mass is 398 g/mol. The molecule has 0 spiro atoms. The zero-order valence-electron chi connectivity index (χ0n) is 17.4. The Morgan fingerprint density at radius 2 is 1.70 bits per heavy atom. The normalized spacial score (nSPS) is 11.0. The van der Waals surface area contributed by atoms with Crippen LogP contribution in [0.25, 0.3) is 22.0 Å². The summed E-state index contributed by atoms with van der Waals surface area (Å²) in [4.78, 5) is 12.0. The van der Waals surface area contributed by atoms with Crippen molar-refractivity contribution < 1.29 is 9.53 Å². The third-order valence-corrected chi connectivity index (χ3v) is 5.33. The summed E-state index contributed by atoms with van der Waals surface area (Å²) in [7, 11) is 0. The molecule has 30 heavy (non-hydrogen) atoms. The minimum absolute atomic E-state index is 0.237. The van der Waals surface area contributed by atoms with E-state index in [1.54, 1.807) is 6.92 Å². The number of carbonyl (C=O) groups is 1. The number of fused-ring (bicyclic) bond motifs is 1. The number of aromatic nitrogens is 1. The van der Waals surface area contributed by atoms with Crippen molar-refractivity contribution >= 4 is 16.9 Å². The minimum atomic E-state index is -0.237. The van der Waals surface area contributed by atoms with Crippen LogP contribution < -0.4 is 10.5 Å². The van der Waals surface area contributed by atoms with Gasteiger partial charge in [-0.2, -0.15) is 0 Å². The predicted octanol–water partition coefficient (Wildman–Crippen LogP) is 5.44. The highest BCUT2D eigenvalue weighted by Gasteiger charge is 2.14. The molecule has 0 atom stereocenters. The van der Waals surface area contributed by atoms with Gasteiger partial charge in [-0.3, -0.25) is 4.79 Å². The van der Waals surface area contributed by atoms with Gasteiger partial charge in [0.25, 0.3) is 0 Å². The van der Waals surface area contributed by atoms with Gasteiger partial charge < -0.3 is 15.0 Å². The molecular formula is C26H26N2O2. The molecule has 0 aliphatic heterocycles. The summed E-state index contributed by atoms with van der Waals surface area (Å²) >= 11 is 0. The highest BCUT2D eigenvalue weighted by Crippen LogP contribution is 2.31. The van der Waals surface area contributed by atoms with Gasteiger partial charge in [0.05, 0.1) is 12.1 Å². The number of benzene rings is 3. The number of rotatable bonds is 6. The second-order valence-electron chi connectivity index (χ2n) is 7.56. The molecule has 0 saturated carbocycles. The number of esters is 1. The van der Waals surface area contributed by atoms with Gasteiger partial charge in [0.1, 0.15) is 0 Å². The molecule has 3 aromatic carbocycles. The lowest BCUT2D eigenvalue weighted by atomic mass is 10.0. The lowest BCUT2D eigenvalue weighted by Crippen LogP contribution is -2.10. The molecule has 4 heteroatoms. The van der Waals surface area contributed by atoms with Crippen LogP contribution in [0.1, 0.15) is 30.0 Å². The number of carbonyl (C=O) groups excluding carboxylic acids is 1. The Hall–Kier alpha value is -3.37. The molecule has 2 N–H and O–H groups in total. The molecule has 0 unspecified atom stereocenters. The first-order valence-electron chi connectivity index (χ1n) is 10.3. The third-order valence-electron chi connectivity index (χ3n) is 5.33. The van der Waals surface area contributed by atoms with Crippen molar-refractivity contribution in [3.8, 4) is 17.0 Å². The Morgan fingerprint density at radius 3 is 2.43 bits per heavy atom. The van der Waals surface area contributed by atoms with Crippen LogP contribution in [-0.4, -0.2) is 10.5 Å². The average Bonchev–Trinajstić information content (AvgIpc) is 3.11. The topological polar surface area (TPSA) is 57.2 Å². The van der Waals surface area contributed by atoms with Crippen molar-refractivity contribution in [1.82, 2.24) is 4.57 Å². The highest BCUT2D eigenvalue weighted by atomic mass is 16.5. The molecule has 1 aromatic heterocycles. The smallest absolute Gasteiger partial charge is 0.312 e. The zero-order chi connectivity index (χ0) is 21.1. The first kappa shape index (κ1) is 19.9. The molecule has 0 fully saturated rings. The van der Waals surface area contributed by atoms with Gasteiger partial charge in [0.15, 0.2) is 0 Å². The molecule has 4 aromatic rings. The lowest BCUT2D eigenvalue weighted by Gasteiger charge is -2.11. The van der Waals surface area contributed by atoms with E-state index < -0.39 is 0 Å². The molecule has 0 bridgehead atoms. The number of hydrogen-bond acceptors (Lipinski definition) is 3. The van der Waals surface area contributed by atoms with E-state index in [0.29, 0.717) is 25.4 Å². The molecule has 0 saturated heterocycles. The standard InChI is InChI=1S/C26H26N2O2/c1-3-26(29)30-25-15-23-14-22(21-6-4-5-20(13-21)16-27)11-12-24(23)28(25)17-19-9-7-18(2)8-10-19/h4-15H,3,16-17,27H2,1-2H3. The van der Waals surface area contributed by atoms with E-state index in [4.69, 9.17) is 10.5 Å². The lowest BCUT2D eigenvalue weighted by molar-refractivity contribution is -0.134. The summed E-state index contributed by atoms with van der Waals surface area (Å²) in [5.41, 5.74) is 12.5. The van der Waals surface area contributed by atoms with E-state index in [2.05, 4.69) is 66.1 Å². The molecular weight excluding hydrogens is 372 g/mol. The number of ether oxygens (including phenoxy) is 1. The molecule has 0 aliphatic rings. The summed E-state index contributed by atoms with van der Waals surface area (Å²) in [6, 6.07) is 25.0. The molecule has 0 radical (unpaired) electrons.